The van der Waals surface area contributed by atoms with E-state index in [9.17, 15) is 18.0 Å². The summed E-state index contributed by atoms with van der Waals surface area (Å²) in [5.41, 5.74) is -0.769. The van der Waals surface area contributed by atoms with Gasteiger partial charge in [0.2, 0.25) is 5.95 Å². The molecule has 0 N–H and O–H groups in total. The van der Waals surface area contributed by atoms with Crippen molar-refractivity contribution in [3.63, 3.8) is 0 Å². The van der Waals surface area contributed by atoms with E-state index in [4.69, 9.17) is 0 Å². The van der Waals surface area contributed by atoms with Gasteiger partial charge in [-0.2, -0.15) is 4.39 Å². The molecule has 94 valence electrons. The van der Waals surface area contributed by atoms with E-state index < -0.39 is 24.0 Å². The van der Waals surface area contributed by atoms with Gasteiger partial charge in [-0.1, -0.05) is 0 Å². The van der Waals surface area contributed by atoms with Gasteiger partial charge in [0.25, 0.3) is 6.43 Å². The Morgan fingerprint density at radius 2 is 2.24 bits per heavy atom. The Balaban J connectivity index is 2.95. The molecule has 0 radical (unpaired) electrons. The number of esters is 1. The summed E-state index contributed by atoms with van der Waals surface area (Å²) in [5, 5.41) is 0. The minimum atomic E-state index is -2.88. The quantitative estimate of drug-likeness (QED) is 0.634. The van der Waals surface area contributed by atoms with Gasteiger partial charge in [-0.25, -0.2) is 13.8 Å². The maximum atomic E-state index is 13.3. The number of ether oxygens (including phenoxy) is 1. The van der Waals surface area contributed by atoms with Gasteiger partial charge in [0, 0.05) is 10.0 Å². The van der Waals surface area contributed by atoms with Gasteiger partial charge in [0.05, 0.1) is 13.0 Å². The van der Waals surface area contributed by atoms with Crippen LogP contribution in [0, 0.1) is 5.95 Å². The summed E-state index contributed by atoms with van der Waals surface area (Å²) in [5.74, 6) is -1.72. The van der Waals surface area contributed by atoms with Crippen LogP contribution >= 0.6 is 15.9 Å². The number of hydrogen-bond donors (Lipinski definition) is 0. The van der Waals surface area contributed by atoms with E-state index in [1.165, 1.54) is 0 Å². The summed E-state index contributed by atoms with van der Waals surface area (Å²) in [6.45, 7) is 1.78. The monoisotopic (exact) mass is 311 g/mol. The molecule has 1 aromatic heterocycles. The molecule has 0 unspecified atom stereocenters. The van der Waals surface area contributed by atoms with Crippen molar-refractivity contribution in [2.75, 3.05) is 6.61 Å². The van der Waals surface area contributed by atoms with Gasteiger partial charge in [0.15, 0.2) is 0 Å². The summed E-state index contributed by atoms with van der Waals surface area (Å²) in [6, 6.07) is 1.11. The molecule has 1 aromatic rings. The molecule has 0 amide bonds. The van der Waals surface area contributed by atoms with E-state index in [2.05, 4.69) is 25.7 Å². The number of alkyl halides is 2. The Morgan fingerprint density at radius 1 is 1.59 bits per heavy atom. The minimum absolute atomic E-state index is 0.0341. The predicted molar refractivity (Wildman–Crippen MR) is 57.2 cm³/mol. The molecule has 0 saturated carbocycles. The molecule has 0 atom stereocenters. The summed E-state index contributed by atoms with van der Waals surface area (Å²) < 4.78 is 42.6. The molecular weight excluding hydrogens is 303 g/mol. The molecule has 1 heterocycles. The lowest BCUT2D eigenvalue weighted by Gasteiger charge is -2.07. The van der Waals surface area contributed by atoms with Gasteiger partial charge in [-0.05, 0) is 28.9 Å². The van der Waals surface area contributed by atoms with Gasteiger partial charge in [0.1, 0.15) is 5.69 Å². The molecule has 0 aliphatic carbocycles. The molecule has 0 aliphatic heterocycles. The first-order chi connectivity index (χ1) is 7.95. The van der Waals surface area contributed by atoms with E-state index in [0.717, 1.165) is 6.07 Å². The van der Waals surface area contributed by atoms with Gasteiger partial charge in [-0.15, -0.1) is 0 Å². The number of aromatic nitrogens is 1. The standard InChI is InChI=1S/C10H9BrF3NO2/c1-2-17-7(16)4-5-3-6(11)8(9(12)13)15-10(5)14/h3,9H,2,4H2,1H3. The summed E-state index contributed by atoms with van der Waals surface area (Å²) in [6.07, 6.45) is -3.22. The Morgan fingerprint density at radius 3 is 2.76 bits per heavy atom. The zero-order chi connectivity index (χ0) is 13.0. The van der Waals surface area contributed by atoms with Crippen LogP contribution in [0.3, 0.4) is 0 Å². The first-order valence-corrected chi connectivity index (χ1v) is 5.53. The van der Waals surface area contributed by atoms with Crippen LogP contribution in [-0.2, 0) is 16.0 Å². The summed E-state index contributed by atoms with van der Waals surface area (Å²) in [7, 11) is 0. The fraction of sp³-hybridized carbons (Fsp3) is 0.400. The Kier molecular flexibility index (Phi) is 4.92. The van der Waals surface area contributed by atoms with Crippen LogP contribution in [0.1, 0.15) is 24.6 Å². The lowest BCUT2D eigenvalue weighted by atomic mass is 10.2. The number of pyridine rings is 1. The molecule has 0 aromatic carbocycles. The largest absolute Gasteiger partial charge is 0.466 e. The van der Waals surface area contributed by atoms with E-state index in [0.29, 0.717) is 0 Å². The molecule has 1 rings (SSSR count). The van der Waals surface area contributed by atoms with Crippen LogP contribution in [0.15, 0.2) is 10.5 Å². The van der Waals surface area contributed by atoms with Crippen molar-refractivity contribution < 1.29 is 22.7 Å². The Bertz CT molecular complexity index is 426. The highest BCUT2D eigenvalue weighted by Crippen LogP contribution is 2.27. The number of halogens is 4. The molecule has 0 aliphatic rings. The van der Waals surface area contributed by atoms with E-state index in [1.54, 1.807) is 6.92 Å². The topological polar surface area (TPSA) is 39.2 Å². The maximum Gasteiger partial charge on any atom is 0.310 e. The molecule has 0 saturated heterocycles. The van der Waals surface area contributed by atoms with E-state index in [-0.39, 0.29) is 23.1 Å². The van der Waals surface area contributed by atoms with Crippen molar-refractivity contribution in [2.45, 2.75) is 19.8 Å². The summed E-state index contributed by atoms with van der Waals surface area (Å²) in [4.78, 5) is 14.2. The highest BCUT2D eigenvalue weighted by atomic mass is 79.9. The number of hydrogen-bond acceptors (Lipinski definition) is 3. The number of carbonyl (C=O) groups is 1. The fourth-order valence-electron chi connectivity index (χ4n) is 1.16. The lowest BCUT2D eigenvalue weighted by molar-refractivity contribution is -0.142. The third kappa shape index (κ3) is 3.69. The normalized spacial score (nSPS) is 10.7. The van der Waals surface area contributed by atoms with Crippen molar-refractivity contribution in [1.82, 2.24) is 4.98 Å². The first-order valence-electron chi connectivity index (χ1n) is 4.74. The second-order valence-corrected chi connectivity index (χ2v) is 3.94. The van der Waals surface area contributed by atoms with Crippen LogP contribution in [0.25, 0.3) is 0 Å². The highest BCUT2D eigenvalue weighted by molar-refractivity contribution is 9.10. The van der Waals surface area contributed by atoms with Gasteiger partial charge in [-0.3, -0.25) is 4.79 Å². The van der Waals surface area contributed by atoms with E-state index in [1.807, 2.05) is 0 Å². The average molecular weight is 312 g/mol. The SMILES string of the molecule is CCOC(=O)Cc1cc(Br)c(C(F)F)nc1F. The van der Waals surface area contributed by atoms with Crippen LogP contribution in [0.4, 0.5) is 13.2 Å². The molecule has 7 heteroatoms. The van der Waals surface area contributed by atoms with Crippen molar-refractivity contribution in [2.24, 2.45) is 0 Å². The predicted octanol–water partition coefficient (Wildman–Crippen LogP) is 3.03. The maximum absolute atomic E-state index is 13.3. The number of carbonyl (C=O) groups excluding carboxylic acids is 1. The smallest absolute Gasteiger partial charge is 0.310 e. The molecule has 0 fully saturated rings. The molecule has 3 nitrogen and oxygen atoms in total. The first kappa shape index (κ1) is 14.0. The van der Waals surface area contributed by atoms with Crippen molar-refractivity contribution >= 4 is 21.9 Å². The van der Waals surface area contributed by atoms with E-state index >= 15 is 0 Å². The minimum Gasteiger partial charge on any atom is -0.466 e. The number of nitrogens with zero attached hydrogens (tertiary/aromatic N) is 1. The molecule has 0 bridgehead atoms. The molecule has 17 heavy (non-hydrogen) atoms. The third-order valence-corrected chi connectivity index (χ3v) is 2.51. The molecular formula is C10H9BrF3NO2. The average Bonchev–Trinajstić information content (AvgIpc) is 2.22. The number of rotatable bonds is 4. The summed E-state index contributed by atoms with van der Waals surface area (Å²) >= 11 is 2.85. The zero-order valence-corrected chi connectivity index (χ0v) is 10.4. The second-order valence-electron chi connectivity index (χ2n) is 3.09. The van der Waals surface area contributed by atoms with Crippen LogP contribution < -0.4 is 0 Å². The van der Waals surface area contributed by atoms with Crippen molar-refractivity contribution in [3.05, 3.63) is 27.7 Å². The van der Waals surface area contributed by atoms with Crippen LogP contribution in [0.2, 0.25) is 0 Å². The van der Waals surface area contributed by atoms with Crippen molar-refractivity contribution in [3.8, 4) is 0 Å². The third-order valence-electron chi connectivity index (χ3n) is 1.88. The van der Waals surface area contributed by atoms with Gasteiger partial charge >= 0.3 is 5.97 Å². The van der Waals surface area contributed by atoms with Crippen molar-refractivity contribution in [1.29, 1.82) is 0 Å². The fourth-order valence-corrected chi connectivity index (χ4v) is 1.70. The molecule has 0 spiro atoms. The highest BCUT2D eigenvalue weighted by Gasteiger charge is 2.19. The zero-order valence-electron chi connectivity index (χ0n) is 8.84. The lowest BCUT2D eigenvalue weighted by Crippen LogP contribution is -2.10. The van der Waals surface area contributed by atoms with Crippen LogP contribution in [-0.4, -0.2) is 17.6 Å². The Labute approximate surface area is 104 Å². The second kappa shape index (κ2) is 6.00. The van der Waals surface area contributed by atoms with Crippen LogP contribution in [0.5, 0.6) is 0 Å². The Hall–Kier alpha value is -1.11. The van der Waals surface area contributed by atoms with Gasteiger partial charge < -0.3 is 4.74 Å².